The molecule has 0 bridgehead atoms. The smallest absolute Gasteiger partial charge is 0.211 e. The molecule has 0 aliphatic heterocycles. The van der Waals surface area contributed by atoms with Gasteiger partial charge in [-0.1, -0.05) is 30.3 Å². The SMILES string of the molecule is NCC(C[N+](=O)[O-])c1ccccc1. The maximum atomic E-state index is 10.3. The van der Waals surface area contributed by atoms with Gasteiger partial charge in [0.05, 0.1) is 5.92 Å². The second-order valence-electron chi connectivity index (χ2n) is 2.86. The van der Waals surface area contributed by atoms with Crippen molar-refractivity contribution in [1.29, 1.82) is 0 Å². The lowest BCUT2D eigenvalue weighted by Gasteiger charge is -2.09. The van der Waals surface area contributed by atoms with Crippen LogP contribution >= 0.6 is 0 Å². The first kappa shape index (κ1) is 9.67. The highest BCUT2D eigenvalue weighted by atomic mass is 16.6. The van der Waals surface area contributed by atoms with Crippen LogP contribution in [0.4, 0.5) is 0 Å². The number of benzene rings is 1. The van der Waals surface area contributed by atoms with Gasteiger partial charge in [-0.3, -0.25) is 10.1 Å². The quantitative estimate of drug-likeness (QED) is 0.555. The van der Waals surface area contributed by atoms with E-state index in [1.807, 2.05) is 30.3 Å². The summed E-state index contributed by atoms with van der Waals surface area (Å²) < 4.78 is 0. The molecule has 0 aromatic heterocycles. The highest BCUT2D eigenvalue weighted by Crippen LogP contribution is 2.13. The lowest BCUT2D eigenvalue weighted by molar-refractivity contribution is -0.483. The minimum Gasteiger partial charge on any atom is -0.330 e. The number of nitrogens with two attached hydrogens (primary N) is 1. The molecular weight excluding hydrogens is 168 g/mol. The molecule has 4 nitrogen and oxygen atoms in total. The van der Waals surface area contributed by atoms with Crippen molar-refractivity contribution >= 4 is 0 Å². The number of nitro groups is 1. The molecule has 70 valence electrons. The highest BCUT2D eigenvalue weighted by molar-refractivity contribution is 5.19. The normalized spacial score (nSPS) is 12.4. The third kappa shape index (κ3) is 2.83. The van der Waals surface area contributed by atoms with Crippen molar-refractivity contribution in [3.05, 3.63) is 46.0 Å². The zero-order valence-corrected chi connectivity index (χ0v) is 7.22. The summed E-state index contributed by atoms with van der Waals surface area (Å²) in [4.78, 5) is 9.96. The van der Waals surface area contributed by atoms with E-state index in [2.05, 4.69) is 0 Å². The summed E-state index contributed by atoms with van der Waals surface area (Å²) in [5.74, 6) is -0.170. The molecule has 1 atom stereocenters. The van der Waals surface area contributed by atoms with Gasteiger partial charge in [-0.25, -0.2) is 0 Å². The van der Waals surface area contributed by atoms with Gasteiger partial charge in [0.1, 0.15) is 0 Å². The molecule has 1 aromatic rings. The number of nitrogens with zero attached hydrogens (tertiary/aromatic N) is 1. The van der Waals surface area contributed by atoms with Crippen LogP contribution in [0.25, 0.3) is 0 Å². The van der Waals surface area contributed by atoms with Crippen LogP contribution in [0.2, 0.25) is 0 Å². The van der Waals surface area contributed by atoms with Gasteiger partial charge < -0.3 is 5.73 Å². The fraction of sp³-hybridized carbons (Fsp3) is 0.333. The Morgan fingerprint density at radius 3 is 2.46 bits per heavy atom. The average Bonchev–Trinajstić information content (AvgIpc) is 2.15. The standard InChI is InChI=1S/C9H12N2O2/c10-6-9(7-11(12)13)8-4-2-1-3-5-8/h1-5,9H,6-7,10H2. The minimum atomic E-state index is -0.329. The molecule has 0 radical (unpaired) electrons. The van der Waals surface area contributed by atoms with Crippen molar-refractivity contribution in [2.45, 2.75) is 5.92 Å². The summed E-state index contributed by atoms with van der Waals surface area (Å²) in [6, 6.07) is 9.32. The van der Waals surface area contributed by atoms with E-state index in [1.165, 1.54) is 0 Å². The lowest BCUT2D eigenvalue weighted by atomic mass is 10.00. The van der Waals surface area contributed by atoms with Gasteiger partial charge >= 0.3 is 0 Å². The van der Waals surface area contributed by atoms with Crippen LogP contribution in [0.5, 0.6) is 0 Å². The van der Waals surface area contributed by atoms with Crippen molar-refractivity contribution in [1.82, 2.24) is 0 Å². The maximum absolute atomic E-state index is 10.3. The molecule has 13 heavy (non-hydrogen) atoms. The Morgan fingerprint density at radius 2 is 2.00 bits per heavy atom. The predicted molar refractivity (Wildman–Crippen MR) is 50.1 cm³/mol. The third-order valence-electron chi connectivity index (χ3n) is 1.92. The molecule has 0 amide bonds. The molecule has 1 unspecified atom stereocenters. The van der Waals surface area contributed by atoms with E-state index in [4.69, 9.17) is 5.73 Å². The summed E-state index contributed by atoms with van der Waals surface area (Å²) in [5.41, 5.74) is 6.38. The van der Waals surface area contributed by atoms with Gasteiger partial charge in [-0.15, -0.1) is 0 Å². The lowest BCUT2D eigenvalue weighted by Crippen LogP contribution is -2.20. The molecule has 0 aliphatic rings. The maximum Gasteiger partial charge on any atom is 0.211 e. The van der Waals surface area contributed by atoms with Crippen LogP contribution < -0.4 is 5.73 Å². The molecule has 0 saturated carbocycles. The molecule has 4 heteroatoms. The molecule has 1 rings (SSSR count). The van der Waals surface area contributed by atoms with Crippen LogP contribution in [0.1, 0.15) is 11.5 Å². The Balaban J connectivity index is 2.73. The van der Waals surface area contributed by atoms with Crippen LogP contribution in [0, 0.1) is 10.1 Å². The van der Waals surface area contributed by atoms with Gasteiger partial charge in [0, 0.05) is 11.5 Å². The van der Waals surface area contributed by atoms with Crippen LogP contribution in [0.15, 0.2) is 30.3 Å². The van der Waals surface area contributed by atoms with Gasteiger partial charge in [-0.05, 0) is 5.56 Å². The van der Waals surface area contributed by atoms with Crippen molar-refractivity contribution in [2.75, 3.05) is 13.1 Å². The van der Waals surface area contributed by atoms with E-state index in [9.17, 15) is 10.1 Å². The van der Waals surface area contributed by atoms with Gasteiger partial charge in [-0.2, -0.15) is 0 Å². The zero-order chi connectivity index (χ0) is 9.68. The van der Waals surface area contributed by atoms with E-state index in [1.54, 1.807) is 0 Å². The number of hydrogen-bond donors (Lipinski definition) is 1. The summed E-state index contributed by atoms with van der Waals surface area (Å²) >= 11 is 0. The molecule has 0 saturated heterocycles. The van der Waals surface area contributed by atoms with Crippen LogP contribution in [-0.4, -0.2) is 18.0 Å². The third-order valence-corrected chi connectivity index (χ3v) is 1.92. The Labute approximate surface area is 76.5 Å². The topological polar surface area (TPSA) is 69.2 Å². The fourth-order valence-corrected chi connectivity index (χ4v) is 1.22. The summed E-state index contributed by atoms with van der Waals surface area (Å²) in [6.07, 6.45) is 0. The minimum absolute atomic E-state index is 0.0967. The van der Waals surface area contributed by atoms with E-state index in [0.717, 1.165) is 5.56 Å². The van der Waals surface area contributed by atoms with Gasteiger partial charge in [0.25, 0.3) is 0 Å². The van der Waals surface area contributed by atoms with Crippen LogP contribution in [0.3, 0.4) is 0 Å². The van der Waals surface area contributed by atoms with Gasteiger partial charge in [0.2, 0.25) is 6.54 Å². The summed E-state index contributed by atoms with van der Waals surface area (Å²) in [6.45, 7) is 0.214. The van der Waals surface area contributed by atoms with Crippen molar-refractivity contribution in [3.63, 3.8) is 0 Å². The molecule has 0 spiro atoms. The van der Waals surface area contributed by atoms with Gasteiger partial charge in [0.15, 0.2) is 0 Å². The van der Waals surface area contributed by atoms with E-state index in [-0.39, 0.29) is 17.4 Å². The fourth-order valence-electron chi connectivity index (χ4n) is 1.22. The predicted octanol–water partition coefficient (Wildman–Crippen LogP) is 1.01. The van der Waals surface area contributed by atoms with Crippen LogP contribution in [-0.2, 0) is 0 Å². The first-order chi connectivity index (χ1) is 6.24. The second kappa shape index (κ2) is 4.57. The van der Waals surface area contributed by atoms with Crippen molar-refractivity contribution < 1.29 is 4.92 Å². The molecule has 1 aromatic carbocycles. The molecule has 0 fully saturated rings. The van der Waals surface area contributed by atoms with E-state index < -0.39 is 0 Å². The Kier molecular flexibility index (Phi) is 3.40. The molecule has 0 heterocycles. The first-order valence-corrected chi connectivity index (χ1v) is 4.11. The van der Waals surface area contributed by atoms with Crippen molar-refractivity contribution in [2.24, 2.45) is 5.73 Å². The first-order valence-electron chi connectivity index (χ1n) is 4.11. The number of rotatable bonds is 4. The molecule has 2 N–H and O–H groups in total. The number of hydrogen-bond acceptors (Lipinski definition) is 3. The summed E-state index contributed by atoms with van der Waals surface area (Å²) in [5, 5.41) is 10.3. The van der Waals surface area contributed by atoms with E-state index >= 15 is 0 Å². The molecule has 0 aliphatic carbocycles. The zero-order valence-electron chi connectivity index (χ0n) is 7.22. The Bertz CT molecular complexity index is 274. The Hall–Kier alpha value is -1.42. The monoisotopic (exact) mass is 180 g/mol. The average molecular weight is 180 g/mol. The van der Waals surface area contributed by atoms with Crippen molar-refractivity contribution in [3.8, 4) is 0 Å². The summed E-state index contributed by atoms with van der Waals surface area (Å²) in [7, 11) is 0. The largest absolute Gasteiger partial charge is 0.330 e. The molecular formula is C9H12N2O2. The second-order valence-corrected chi connectivity index (χ2v) is 2.86. The Morgan fingerprint density at radius 1 is 1.38 bits per heavy atom. The van der Waals surface area contributed by atoms with E-state index in [0.29, 0.717) is 6.54 Å². The highest BCUT2D eigenvalue weighted by Gasteiger charge is 2.14.